The van der Waals surface area contributed by atoms with E-state index >= 15 is 0 Å². The Morgan fingerprint density at radius 1 is 1.20 bits per heavy atom. The minimum absolute atomic E-state index is 0.322. The van der Waals surface area contributed by atoms with Gasteiger partial charge in [-0.3, -0.25) is 9.59 Å². The van der Waals surface area contributed by atoms with Crippen molar-refractivity contribution in [1.29, 1.82) is 0 Å². The molecule has 1 aliphatic rings. The second-order valence-electron chi connectivity index (χ2n) is 4.61. The van der Waals surface area contributed by atoms with Crippen LogP contribution in [0.25, 0.3) is 0 Å². The van der Waals surface area contributed by atoms with Gasteiger partial charge in [0.15, 0.2) is 0 Å². The Labute approximate surface area is 117 Å². The average Bonchev–Trinajstić information content (AvgIpc) is 2.46. The Morgan fingerprint density at radius 3 is 2.45 bits per heavy atom. The summed E-state index contributed by atoms with van der Waals surface area (Å²) in [4.78, 5) is 26.0. The number of carbonyl (C=O) groups excluding carboxylic acids is 1. The molecule has 0 saturated carbocycles. The number of rotatable bonds is 4. The van der Waals surface area contributed by atoms with Gasteiger partial charge in [-0.05, 0) is 12.1 Å². The van der Waals surface area contributed by atoms with Gasteiger partial charge in [0.25, 0.3) is 0 Å². The van der Waals surface area contributed by atoms with Crippen molar-refractivity contribution in [3.8, 4) is 5.75 Å². The van der Waals surface area contributed by atoms with Gasteiger partial charge < -0.3 is 19.6 Å². The lowest BCUT2D eigenvalue weighted by atomic mass is 10.2. The highest BCUT2D eigenvalue weighted by atomic mass is 16.5. The van der Waals surface area contributed by atoms with E-state index in [-0.39, 0.29) is 5.91 Å². The van der Waals surface area contributed by atoms with E-state index < -0.39 is 12.4 Å². The maximum absolute atomic E-state index is 11.7. The summed E-state index contributed by atoms with van der Waals surface area (Å²) in [5, 5.41) is 8.64. The van der Waals surface area contributed by atoms with Gasteiger partial charge in [-0.15, -0.1) is 0 Å². The number of aliphatic carboxylic acids is 1. The molecule has 0 bridgehead atoms. The van der Waals surface area contributed by atoms with Gasteiger partial charge in [-0.25, -0.2) is 0 Å². The molecule has 108 valence electrons. The lowest BCUT2D eigenvalue weighted by Gasteiger charge is -2.36. The van der Waals surface area contributed by atoms with Gasteiger partial charge in [-0.1, -0.05) is 12.1 Å². The zero-order valence-electron chi connectivity index (χ0n) is 11.4. The van der Waals surface area contributed by atoms with Crippen LogP contribution in [0.1, 0.15) is 6.42 Å². The van der Waals surface area contributed by atoms with Crippen LogP contribution in [0.15, 0.2) is 24.3 Å². The Hall–Kier alpha value is -2.24. The Kier molecular flexibility index (Phi) is 4.45. The number of benzene rings is 1. The average molecular weight is 278 g/mol. The molecule has 0 aliphatic carbocycles. The van der Waals surface area contributed by atoms with Gasteiger partial charge in [0.2, 0.25) is 5.91 Å². The minimum atomic E-state index is -1.08. The number of amides is 1. The molecule has 1 amide bonds. The highest BCUT2D eigenvalue weighted by Crippen LogP contribution is 2.28. The summed E-state index contributed by atoms with van der Waals surface area (Å²) in [5.41, 5.74) is 1.00. The van der Waals surface area contributed by atoms with Crippen LogP contribution in [-0.2, 0) is 9.59 Å². The first kappa shape index (κ1) is 14.2. The Bertz CT molecular complexity index is 496. The molecule has 0 atom stereocenters. The van der Waals surface area contributed by atoms with Crippen LogP contribution in [0.2, 0.25) is 0 Å². The van der Waals surface area contributed by atoms with Gasteiger partial charge >= 0.3 is 5.97 Å². The standard InChI is InChI=1S/C14H18N2O4/c1-20-12-5-3-2-4-11(12)15-6-8-16(9-7-15)13(17)10-14(18)19/h2-5H,6-10H2,1H3,(H,18,19). The maximum Gasteiger partial charge on any atom is 0.312 e. The van der Waals surface area contributed by atoms with E-state index in [2.05, 4.69) is 4.90 Å². The van der Waals surface area contributed by atoms with Crippen LogP contribution in [0.4, 0.5) is 5.69 Å². The molecule has 1 N–H and O–H groups in total. The molecule has 0 unspecified atom stereocenters. The van der Waals surface area contributed by atoms with Gasteiger partial charge in [0, 0.05) is 26.2 Å². The van der Waals surface area contributed by atoms with Crippen molar-refractivity contribution >= 4 is 17.6 Å². The molecule has 1 aromatic carbocycles. The third-order valence-electron chi connectivity index (χ3n) is 3.36. The van der Waals surface area contributed by atoms with Crippen molar-refractivity contribution in [1.82, 2.24) is 4.90 Å². The summed E-state index contributed by atoms with van der Waals surface area (Å²) < 4.78 is 5.33. The molecule has 6 nitrogen and oxygen atoms in total. The van der Waals surface area contributed by atoms with Gasteiger partial charge in [-0.2, -0.15) is 0 Å². The van der Waals surface area contributed by atoms with E-state index in [0.717, 1.165) is 11.4 Å². The normalized spacial score (nSPS) is 15.1. The fraction of sp³-hybridized carbons (Fsp3) is 0.429. The molecular formula is C14H18N2O4. The summed E-state index contributed by atoms with van der Waals surface area (Å²) in [5.74, 6) is -0.600. The van der Waals surface area contributed by atoms with Crippen molar-refractivity contribution in [2.45, 2.75) is 6.42 Å². The van der Waals surface area contributed by atoms with E-state index in [9.17, 15) is 9.59 Å². The number of piperazine rings is 1. The highest BCUT2D eigenvalue weighted by molar-refractivity contribution is 5.93. The van der Waals surface area contributed by atoms with Crippen LogP contribution in [-0.4, -0.2) is 55.2 Å². The zero-order valence-corrected chi connectivity index (χ0v) is 11.4. The maximum atomic E-state index is 11.7. The van der Waals surface area contributed by atoms with Gasteiger partial charge in [0.1, 0.15) is 12.2 Å². The van der Waals surface area contributed by atoms with E-state index in [1.54, 1.807) is 12.0 Å². The summed E-state index contributed by atoms with van der Waals surface area (Å²) >= 11 is 0. The molecule has 1 fully saturated rings. The van der Waals surface area contributed by atoms with Gasteiger partial charge in [0.05, 0.1) is 12.8 Å². The molecule has 1 saturated heterocycles. The topological polar surface area (TPSA) is 70.1 Å². The fourth-order valence-electron chi connectivity index (χ4n) is 2.33. The summed E-state index contributed by atoms with van der Waals surface area (Å²) in [7, 11) is 1.63. The minimum Gasteiger partial charge on any atom is -0.495 e. The predicted octanol–water partition coefficient (Wildman–Crippen LogP) is 0.819. The molecule has 0 aromatic heterocycles. The third kappa shape index (κ3) is 3.20. The van der Waals surface area contributed by atoms with E-state index in [1.807, 2.05) is 24.3 Å². The number of carboxylic acid groups (broad SMARTS) is 1. The Balaban J connectivity index is 1.97. The number of hydrogen-bond acceptors (Lipinski definition) is 4. The van der Waals surface area contributed by atoms with Crippen LogP contribution in [0.3, 0.4) is 0 Å². The molecular weight excluding hydrogens is 260 g/mol. The zero-order chi connectivity index (χ0) is 14.5. The third-order valence-corrected chi connectivity index (χ3v) is 3.36. The summed E-state index contributed by atoms with van der Waals surface area (Å²) in [6.45, 7) is 2.41. The van der Waals surface area contributed by atoms with Crippen LogP contribution < -0.4 is 9.64 Å². The fourth-order valence-corrected chi connectivity index (χ4v) is 2.33. The molecule has 0 radical (unpaired) electrons. The largest absolute Gasteiger partial charge is 0.495 e. The van der Waals surface area contributed by atoms with Crippen molar-refractivity contribution in [3.05, 3.63) is 24.3 Å². The number of para-hydroxylation sites is 2. The lowest BCUT2D eigenvalue weighted by Crippen LogP contribution is -2.49. The van der Waals surface area contributed by atoms with E-state index in [0.29, 0.717) is 26.2 Å². The second-order valence-corrected chi connectivity index (χ2v) is 4.61. The predicted molar refractivity (Wildman–Crippen MR) is 74.0 cm³/mol. The van der Waals surface area contributed by atoms with Crippen molar-refractivity contribution in [2.24, 2.45) is 0 Å². The van der Waals surface area contributed by atoms with Crippen LogP contribution in [0.5, 0.6) is 5.75 Å². The number of ether oxygens (including phenoxy) is 1. The van der Waals surface area contributed by atoms with Crippen molar-refractivity contribution in [2.75, 3.05) is 38.2 Å². The molecule has 6 heteroatoms. The molecule has 2 rings (SSSR count). The van der Waals surface area contributed by atoms with E-state index in [1.165, 1.54) is 0 Å². The van der Waals surface area contributed by atoms with Crippen molar-refractivity contribution < 1.29 is 19.4 Å². The monoisotopic (exact) mass is 278 g/mol. The smallest absolute Gasteiger partial charge is 0.312 e. The summed E-state index contributed by atoms with van der Waals surface area (Å²) in [6.07, 6.45) is -0.436. The SMILES string of the molecule is COc1ccccc1N1CCN(C(=O)CC(=O)O)CC1. The number of anilines is 1. The highest BCUT2D eigenvalue weighted by Gasteiger charge is 2.23. The van der Waals surface area contributed by atoms with E-state index in [4.69, 9.17) is 9.84 Å². The number of carboxylic acids is 1. The lowest BCUT2D eigenvalue weighted by molar-refractivity contribution is -0.144. The number of carbonyl (C=O) groups is 2. The molecule has 20 heavy (non-hydrogen) atoms. The quantitative estimate of drug-likeness (QED) is 0.826. The Morgan fingerprint density at radius 2 is 1.85 bits per heavy atom. The summed E-state index contributed by atoms with van der Waals surface area (Å²) in [6, 6.07) is 7.74. The first-order valence-corrected chi connectivity index (χ1v) is 6.49. The first-order valence-electron chi connectivity index (χ1n) is 6.49. The molecule has 1 aliphatic heterocycles. The van der Waals surface area contributed by atoms with Crippen molar-refractivity contribution in [3.63, 3.8) is 0 Å². The first-order chi connectivity index (χ1) is 9.61. The second kappa shape index (κ2) is 6.27. The van der Waals surface area contributed by atoms with Crippen LogP contribution in [0, 0.1) is 0 Å². The molecule has 1 aromatic rings. The molecule has 0 spiro atoms. The number of nitrogens with zero attached hydrogens (tertiary/aromatic N) is 2. The van der Waals surface area contributed by atoms with Crippen LogP contribution >= 0.6 is 0 Å². The number of hydrogen-bond donors (Lipinski definition) is 1. The molecule has 1 heterocycles. The number of methoxy groups -OCH3 is 1.